The van der Waals surface area contributed by atoms with Crippen LogP contribution >= 0.6 is 23.5 Å². The summed E-state index contributed by atoms with van der Waals surface area (Å²) in [5, 5.41) is 0. The second-order valence-electron chi connectivity index (χ2n) is 5.80. The molecule has 0 bridgehead atoms. The van der Waals surface area contributed by atoms with Gasteiger partial charge in [0.25, 0.3) is 11.8 Å². The van der Waals surface area contributed by atoms with Crippen molar-refractivity contribution in [2.24, 2.45) is 4.99 Å². The quantitative estimate of drug-likeness (QED) is 0.595. The molecule has 126 valence electrons. The molecule has 0 radical (unpaired) electrons. The van der Waals surface area contributed by atoms with Gasteiger partial charge in [0.05, 0.1) is 16.8 Å². The summed E-state index contributed by atoms with van der Waals surface area (Å²) >= 11 is 3.44. The normalized spacial score (nSPS) is 15.8. The number of hydrogen-bond acceptors (Lipinski definition) is 5. The van der Waals surface area contributed by atoms with E-state index < -0.39 is 0 Å². The first-order chi connectivity index (χ1) is 12.2. The van der Waals surface area contributed by atoms with E-state index in [0.29, 0.717) is 17.7 Å². The number of carbonyl (C=O) groups excluding carboxylic acids is 2. The number of para-hydroxylation sites is 1. The van der Waals surface area contributed by atoms with Crippen LogP contribution in [0.5, 0.6) is 0 Å². The summed E-state index contributed by atoms with van der Waals surface area (Å²) in [6.07, 6.45) is 0.761. The van der Waals surface area contributed by atoms with Crippen molar-refractivity contribution in [3.05, 3.63) is 65.2 Å². The van der Waals surface area contributed by atoms with Crippen LogP contribution in [0.15, 0.2) is 53.5 Å². The Labute approximate surface area is 154 Å². The molecule has 2 aromatic carbocycles. The Morgan fingerprint density at radius 1 is 1.00 bits per heavy atom. The van der Waals surface area contributed by atoms with E-state index in [2.05, 4.69) is 11.1 Å². The molecule has 0 unspecified atom stereocenters. The summed E-state index contributed by atoms with van der Waals surface area (Å²) in [7, 11) is 0. The van der Waals surface area contributed by atoms with Gasteiger partial charge in [-0.2, -0.15) is 0 Å². The Kier molecular flexibility index (Phi) is 4.63. The minimum Gasteiger partial charge on any atom is -0.274 e. The van der Waals surface area contributed by atoms with Crippen molar-refractivity contribution < 1.29 is 9.59 Å². The first-order valence-corrected chi connectivity index (χ1v) is 10.1. The molecule has 4 nitrogen and oxygen atoms in total. The third-order valence-corrected chi connectivity index (χ3v) is 6.52. The van der Waals surface area contributed by atoms with E-state index in [1.165, 1.54) is 10.5 Å². The van der Waals surface area contributed by atoms with Crippen molar-refractivity contribution in [1.82, 2.24) is 4.90 Å². The van der Waals surface area contributed by atoms with Crippen LogP contribution in [0.2, 0.25) is 0 Å². The minimum absolute atomic E-state index is 0.177. The zero-order valence-electron chi connectivity index (χ0n) is 13.5. The lowest BCUT2D eigenvalue weighted by atomic mass is 10.1. The van der Waals surface area contributed by atoms with E-state index in [-0.39, 0.29) is 11.8 Å². The van der Waals surface area contributed by atoms with Gasteiger partial charge in [-0.3, -0.25) is 14.5 Å². The zero-order valence-corrected chi connectivity index (χ0v) is 15.1. The van der Waals surface area contributed by atoms with Crippen LogP contribution in [0.4, 0.5) is 5.69 Å². The van der Waals surface area contributed by atoms with E-state index in [0.717, 1.165) is 28.0 Å². The molecule has 2 amide bonds. The van der Waals surface area contributed by atoms with Crippen LogP contribution in [-0.2, 0) is 5.75 Å². The molecule has 0 saturated carbocycles. The Balaban J connectivity index is 1.32. The van der Waals surface area contributed by atoms with Crippen molar-refractivity contribution in [2.75, 3.05) is 12.3 Å². The molecule has 0 atom stereocenters. The first-order valence-electron chi connectivity index (χ1n) is 8.11. The number of aliphatic imine (C=N–C) groups is 1. The van der Waals surface area contributed by atoms with Crippen LogP contribution in [0.25, 0.3) is 0 Å². The Morgan fingerprint density at radius 2 is 1.68 bits per heavy atom. The second-order valence-corrected chi connectivity index (χ2v) is 8.11. The third kappa shape index (κ3) is 3.24. The van der Waals surface area contributed by atoms with Gasteiger partial charge in [0.1, 0.15) is 4.38 Å². The van der Waals surface area contributed by atoms with Crippen molar-refractivity contribution in [1.29, 1.82) is 0 Å². The van der Waals surface area contributed by atoms with Crippen LogP contribution < -0.4 is 0 Å². The number of amides is 2. The Morgan fingerprint density at radius 3 is 2.44 bits per heavy atom. The van der Waals surface area contributed by atoms with Gasteiger partial charge in [-0.1, -0.05) is 53.9 Å². The van der Waals surface area contributed by atoms with E-state index in [1.807, 2.05) is 18.2 Å². The van der Waals surface area contributed by atoms with E-state index >= 15 is 0 Å². The van der Waals surface area contributed by atoms with Gasteiger partial charge in [0.15, 0.2) is 0 Å². The van der Waals surface area contributed by atoms with Gasteiger partial charge in [-0.25, -0.2) is 4.99 Å². The van der Waals surface area contributed by atoms with Gasteiger partial charge < -0.3 is 0 Å². The maximum atomic E-state index is 12.3. The molecular formula is C19H16N2O2S2. The molecule has 6 heteroatoms. The molecule has 4 rings (SSSR count). The molecule has 0 aromatic heterocycles. The summed E-state index contributed by atoms with van der Waals surface area (Å²) in [5.41, 5.74) is 3.35. The number of carbonyl (C=O) groups is 2. The van der Waals surface area contributed by atoms with Gasteiger partial charge in [0, 0.05) is 18.1 Å². The molecule has 25 heavy (non-hydrogen) atoms. The summed E-state index contributed by atoms with van der Waals surface area (Å²) < 4.78 is 1.06. The maximum absolute atomic E-state index is 12.3. The number of imide groups is 1. The number of benzene rings is 2. The highest BCUT2D eigenvalue weighted by Crippen LogP contribution is 2.34. The molecule has 0 N–H and O–H groups in total. The average molecular weight is 368 g/mol. The van der Waals surface area contributed by atoms with Crippen molar-refractivity contribution in [3.8, 4) is 0 Å². The van der Waals surface area contributed by atoms with Crippen molar-refractivity contribution in [2.45, 2.75) is 12.2 Å². The van der Waals surface area contributed by atoms with Gasteiger partial charge in [0.2, 0.25) is 0 Å². The monoisotopic (exact) mass is 368 g/mol. The number of thioether (sulfide) groups is 2. The number of rotatable bonds is 4. The topological polar surface area (TPSA) is 49.7 Å². The molecule has 0 spiro atoms. The zero-order chi connectivity index (χ0) is 17.2. The molecule has 0 saturated heterocycles. The predicted molar refractivity (Wildman–Crippen MR) is 104 cm³/mol. The van der Waals surface area contributed by atoms with E-state index in [9.17, 15) is 9.59 Å². The van der Waals surface area contributed by atoms with E-state index in [4.69, 9.17) is 0 Å². The molecule has 2 heterocycles. The number of nitrogens with zero attached hydrogens (tertiary/aromatic N) is 2. The SMILES string of the molecule is O=C1c2ccccc2C(=O)N1CCCSC1=Nc2ccccc2CS1. The van der Waals surface area contributed by atoms with Crippen LogP contribution in [-0.4, -0.2) is 33.4 Å². The van der Waals surface area contributed by atoms with Crippen molar-refractivity contribution >= 4 is 45.4 Å². The van der Waals surface area contributed by atoms with Gasteiger partial charge >= 0.3 is 0 Å². The second kappa shape index (κ2) is 7.06. The lowest BCUT2D eigenvalue weighted by molar-refractivity contribution is 0.0655. The molecule has 2 aliphatic rings. The highest BCUT2D eigenvalue weighted by atomic mass is 32.2. The molecule has 2 aromatic rings. The van der Waals surface area contributed by atoms with Crippen LogP contribution in [0.3, 0.4) is 0 Å². The highest BCUT2D eigenvalue weighted by molar-refractivity contribution is 8.38. The lowest BCUT2D eigenvalue weighted by Gasteiger charge is -2.15. The molecular weight excluding hydrogens is 352 g/mol. The van der Waals surface area contributed by atoms with E-state index in [1.54, 1.807) is 47.8 Å². The van der Waals surface area contributed by atoms with Gasteiger partial charge in [-0.15, -0.1) is 0 Å². The predicted octanol–water partition coefficient (Wildman–Crippen LogP) is 4.34. The molecule has 0 aliphatic carbocycles. The van der Waals surface area contributed by atoms with Crippen LogP contribution in [0.1, 0.15) is 32.7 Å². The summed E-state index contributed by atoms with van der Waals surface area (Å²) in [5.74, 6) is 1.43. The largest absolute Gasteiger partial charge is 0.274 e. The average Bonchev–Trinajstić information content (AvgIpc) is 2.90. The summed E-state index contributed by atoms with van der Waals surface area (Å²) in [6, 6.07) is 15.2. The van der Waals surface area contributed by atoms with Gasteiger partial charge in [-0.05, 0) is 30.2 Å². The van der Waals surface area contributed by atoms with Crippen LogP contribution in [0, 0.1) is 0 Å². The Bertz CT molecular complexity index is 844. The maximum Gasteiger partial charge on any atom is 0.261 e. The lowest BCUT2D eigenvalue weighted by Crippen LogP contribution is -2.31. The molecule has 0 fully saturated rings. The number of fused-ring (bicyclic) bond motifs is 2. The fraction of sp³-hybridized carbons (Fsp3) is 0.211. The summed E-state index contributed by atoms with van der Waals surface area (Å²) in [4.78, 5) is 30.7. The summed E-state index contributed by atoms with van der Waals surface area (Å²) in [6.45, 7) is 0.452. The fourth-order valence-electron chi connectivity index (χ4n) is 2.91. The molecule has 2 aliphatic heterocycles. The van der Waals surface area contributed by atoms with Crippen molar-refractivity contribution in [3.63, 3.8) is 0 Å². The Hall–Kier alpha value is -2.05. The third-order valence-electron chi connectivity index (χ3n) is 4.18. The highest BCUT2D eigenvalue weighted by Gasteiger charge is 2.34. The minimum atomic E-state index is -0.177. The first kappa shape index (κ1) is 16.4. The fourth-order valence-corrected chi connectivity index (χ4v) is 4.97. The smallest absolute Gasteiger partial charge is 0.261 e. The standard InChI is InChI=1S/C19H16N2O2S2/c22-17-14-7-2-3-8-15(14)18(23)21(17)10-5-11-24-19-20-16-9-4-1-6-13(16)12-25-19/h1-4,6-9H,5,10-12H2. The number of hydrogen-bond donors (Lipinski definition) is 0.